The maximum atomic E-state index is 12.1. The second-order valence-corrected chi connectivity index (χ2v) is 8.37. The van der Waals surface area contributed by atoms with Gasteiger partial charge in [0.05, 0.1) is 17.5 Å². The average molecular weight is 318 g/mol. The number of nitrogens with zero attached hydrogens (tertiary/aromatic N) is 2. The van der Waals surface area contributed by atoms with Crippen LogP contribution in [0.2, 0.25) is 0 Å². The fourth-order valence-corrected chi connectivity index (χ4v) is 4.90. The summed E-state index contributed by atoms with van der Waals surface area (Å²) >= 11 is 2.00. The number of carbonyl (C=O) groups is 1. The molecule has 3 heterocycles. The first-order valence-electron chi connectivity index (χ1n) is 8.15. The van der Waals surface area contributed by atoms with Crippen molar-refractivity contribution in [1.82, 2.24) is 9.88 Å². The summed E-state index contributed by atoms with van der Waals surface area (Å²) in [6.45, 7) is 2.52. The van der Waals surface area contributed by atoms with Gasteiger partial charge in [0.1, 0.15) is 0 Å². The molecule has 0 N–H and O–H groups in total. The van der Waals surface area contributed by atoms with Crippen LogP contribution in [0.1, 0.15) is 31.2 Å². The van der Waals surface area contributed by atoms with Gasteiger partial charge in [-0.2, -0.15) is 0 Å². The van der Waals surface area contributed by atoms with E-state index in [0.29, 0.717) is 24.5 Å². The van der Waals surface area contributed by atoms with Crippen LogP contribution in [-0.4, -0.2) is 45.5 Å². The average Bonchev–Trinajstić information content (AvgIpc) is 3.20. The molecule has 0 aromatic carbocycles. The molecular weight excluding hydrogens is 296 g/mol. The smallest absolute Gasteiger partial charge is 0.222 e. The van der Waals surface area contributed by atoms with Gasteiger partial charge in [-0.1, -0.05) is 0 Å². The lowest BCUT2D eigenvalue weighted by atomic mass is 9.92. The topological polar surface area (TPSA) is 42.4 Å². The van der Waals surface area contributed by atoms with Crippen molar-refractivity contribution in [3.8, 4) is 0 Å². The molecule has 5 heteroatoms. The number of amides is 1. The Morgan fingerprint density at radius 3 is 2.86 bits per heavy atom. The molecule has 1 saturated carbocycles. The quantitative estimate of drug-likeness (QED) is 0.836. The number of hydrogen-bond acceptors (Lipinski definition) is 4. The van der Waals surface area contributed by atoms with E-state index in [0.717, 1.165) is 31.7 Å². The molecule has 22 heavy (non-hydrogen) atoms. The van der Waals surface area contributed by atoms with Gasteiger partial charge >= 0.3 is 0 Å². The van der Waals surface area contributed by atoms with Gasteiger partial charge in [-0.05, 0) is 42.9 Å². The SMILES string of the molecule is O=C(CC1CC1)N1CC2(C[C@H](OCc3ccncc3)CS2)C1. The molecule has 1 amide bonds. The van der Waals surface area contributed by atoms with Gasteiger partial charge in [0.15, 0.2) is 0 Å². The van der Waals surface area contributed by atoms with Crippen LogP contribution in [0.25, 0.3) is 0 Å². The number of thioether (sulfide) groups is 1. The Kier molecular flexibility index (Phi) is 3.86. The maximum Gasteiger partial charge on any atom is 0.222 e. The molecule has 0 unspecified atom stereocenters. The molecule has 0 radical (unpaired) electrons. The molecule has 2 aliphatic heterocycles. The molecule has 4 nitrogen and oxygen atoms in total. The second-order valence-electron chi connectivity index (χ2n) is 6.88. The van der Waals surface area contributed by atoms with E-state index < -0.39 is 0 Å². The van der Waals surface area contributed by atoms with Gasteiger partial charge in [0, 0.05) is 37.7 Å². The Labute approximate surface area is 135 Å². The molecule has 0 bridgehead atoms. The minimum absolute atomic E-state index is 0.280. The highest BCUT2D eigenvalue weighted by atomic mass is 32.2. The molecule has 4 rings (SSSR count). The summed E-state index contributed by atoms with van der Waals surface area (Å²) in [5.74, 6) is 2.11. The Morgan fingerprint density at radius 1 is 1.36 bits per heavy atom. The zero-order valence-electron chi connectivity index (χ0n) is 12.7. The number of carbonyl (C=O) groups excluding carboxylic acids is 1. The van der Waals surface area contributed by atoms with Gasteiger partial charge in [-0.15, -0.1) is 11.8 Å². The fourth-order valence-electron chi connectivity index (χ4n) is 3.35. The van der Waals surface area contributed by atoms with E-state index in [-0.39, 0.29) is 4.75 Å². The number of hydrogen-bond donors (Lipinski definition) is 0. The van der Waals surface area contributed by atoms with Crippen LogP contribution in [0.15, 0.2) is 24.5 Å². The third kappa shape index (κ3) is 3.15. The molecule has 1 spiro atoms. The second kappa shape index (κ2) is 5.85. The summed E-state index contributed by atoms with van der Waals surface area (Å²) in [7, 11) is 0. The Hall–Kier alpha value is -1.07. The molecule has 1 aromatic heterocycles. The molecule has 1 aliphatic carbocycles. The summed E-state index contributed by atoms with van der Waals surface area (Å²) in [5.41, 5.74) is 1.18. The van der Waals surface area contributed by atoms with Crippen LogP contribution in [0.3, 0.4) is 0 Å². The number of rotatable bonds is 5. The fraction of sp³-hybridized carbons (Fsp3) is 0.647. The third-order valence-electron chi connectivity index (χ3n) is 4.88. The lowest BCUT2D eigenvalue weighted by Gasteiger charge is -2.47. The van der Waals surface area contributed by atoms with E-state index in [1.165, 1.54) is 18.4 Å². The van der Waals surface area contributed by atoms with Gasteiger partial charge < -0.3 is 9.64 Å². The van der Waals surface area contributed by atoms with Crippen LogP contribution in [0, 0.1) is 5.92 Å². The number of aromatic nitrogens is 1. The normalized spacial score (nSPS) is 26.2. The predicted octanol–water partition coefficient (Wildman–Crippen LogP) is 2.48. The minimum atomic E-state index is 0.280. The van der Waals surface area contributed by atoms with E-state index in [2.05, 4.69) is 9.88 Å². The van der Waals surface area contributed by atoms with Gasteiger partial charge in [0.2, 0.25) is 5.91 Å². The van der Waals surface area contributed by atoms with Gasteiger partial charge in [0.25, 0.3) is 0 Å². The van der Waals surface area contributed by atoms with E-state index in [1.807, 2.05) is 23.9 Å². The minimum Gasteiger partial charge on any atom is -0.373 e. The summed E-state index contributed by atoms with van der Waals surface area (Å²) < 4.78 is 6.32. The first kappa shape index (κ1) is 14.5. The zero-order valence-corrected chi connectivity index (χ0v) is 13.6. The Balaban J connectivity index is 1.22. The summed E-state index contributed by atoms with van der Waals surface area (Å²) in [4.78, 5) is 18.2. The molecule has 1 atom stereocenters. The van der Waals surface area contributed by atoms with Crippen molar-refractivity contribution in [3.05, 3.63) is 30.1 Å². The van der Waals surface area contributed by atoms with Crippen LogP contribution >= 0.6 is 11.8 Å². The molecule has 118 valence electrons. The molecule has 1 aromatic rings. The first-order valence-corrected chi connectivity index (χ1v) is 9.13. The lowest BCUT2D eigenvalue weighted by Crippen LogP contribution is -2.60. The first-order chi connectivity index (χ1) is 10.7. The highest BCUT2D eigenvalue weighted by molar-refractivity contribution is 8.01. The Bertz CT molecular complexity index is 541. The number of ether oxygens (including phenoxy) is 1. The predicted molar refractivity (Wildman–Crippen MR) is 86.5 cm³/mol. The third-order valence-corrected chi connectivity index (χ3v) is 6.46. The zero-order chi connectivity index (χ0) is 15.0. The Morgan fingerprint density at radius 2 is 2.14 bits per heavy atom. The largest absolute Gasteiger partial charge is 0.373 e. The van der Waals surface area contributed by atoms with Crippen LogP contribution < -0.4 is 0 Å². The van der Waals surface area contributed by atoms with Crippen molar-refractivity contribution < 1.29 is 9.53 Å². The van der Waals surface area contributed by atoms with Crippen molar-refractivity contribution in [2.75, 3.05) is 18.8 Å². The molecule has 2 saturated heterocycles. The van der Waals surface area contributed by atoms with Crippen LogP contribution in [-0.2, 0) is 16.1 Å². The summed E-state index contributed by atoms with van der Waals surface area (Å²) in [6, 6.07) is 4.00. The monoisotopic (exact) mass is 318 g/mol. The molecule has 3 fully saturated rings. The molecule has 3 aliphatic rings. The van der Waals surface area contributed by atoms with E-state index >= 15 is 0 Å². The number of pyridine rings is 1. The van der Waals surface area contributed by atoms with Crippen molar-refractivity contribution in [1.29, 1.82) is 0 Å². The van der Waals surface area contributed by atoms with Gasteiger partial charge in [-0.25, -0.2) is 0 Å². The van der Waals surface area contributed by atoms with Crippen molar-refractivity contribution >= 4 is 17.7 Å². The highest BCUT2D eigenvalue weighted by Crippen LogP contribution is 2.47. The summed E-state index contributed by atoms with van der Waals surface area (Å²) in [6.07, 6.45) is 8.30. The lowest BCUT2D eigenvalue weighted by molar-refractivity contribution is -0.137. The molecular formula is C17H22N2O2S. The van der Waals surface area contributed by atoms with Crippen LogP contribution in [0.5, 0.6) is 0 Å². The maximum absolute atomic E-state index is 12.1. The van der Waals surface area contributed by atoms with Crippen molar-refractivity contribution in [2.24, 2.45) is 5.92 Å². The number of likely N-dealkylation sites (tertiary alicyclic amines) is 1. The standard InChI is InChI=1S/C17H22N2O2S/c20-16(7-13-1-2-13)19-11-17(12-19)8-15(10-22-17)21-9-14-3-5-18-6-4-14/h3-6,13,15H,1-2,7-12H2/t15-/m0/s1. The van der Waals surface area contributed by atoms with E-state index in [9.17, 15) is 4.79 Å². The van der Waals surface area contributed by atoms with Gasteiger partial charge in [-0.3, -0.25) is 9.78 Å². The van der Waals surface area contributed by atoms with Crippen molar-refractivity contribution in [2.45, 2.75) is 43.1 Å². The van der Waals surface area contributed by atoms with Crippen LogP contribution in [0.4, 0.5) is 0 Å². The van der Waals surface area contributed by atoms with Crippen molar-refractivity contribution in [3.63, 3.8) is 0 Å². The highest BCUT2D eigenvalue weighted by Gasteiger charge is 2.51. The van der Waals surface area contributed by atoms with E-state index in [1.54, 1.807) is 12.4 Å². The van der Waals surface area contributed by atoms with E-state index in [4.69, 9.17) is 4.74 Å². The summed E-state index contributed by atoms with van der Waals surface area (Å²) in [5, 5.41) is 0.